The molecule has 0 saturated carbocycles. The van der Waals surface area contributed by atoms with Crippen LogP contribution >= 0.6 is 11.3 Å². The average Bonchev–Trinajstić information content (AvgIpc) is 2.96. The molecule has 3 heterocycles. The van der Waals surface area contributed by atoms with Crippen LogP contribution in [0.3, 0.4) is 0 Å². The van der Waals surface area contributed by atoms with Crippen LogP contribution in [0.1, 0.15) is 34.2 Å². The number of aryl methyl sites for hydroxylation is 3. The molecule has 1 aliphatic heterocycles. The number of thiazole rings is 1. The highest BCUT2D eigenvalue weighted by Crippen LogP contribution is 2.25. The number of anilines is 1. The minimum absolute atomic E-state index is 0.358. The highest BCUT2D eigenvalue weighted by atomic mass is 32.1. The van der Waals surface area contributed by atoms with E-state index in [9.17, 15) is 0 Å². The summed E-state index contributed by atoms with van der Waals surface area (Å²) in [4.78, 5) is 5.87. The predicted molar refractivity (Wildman–Crippen MR) is 86.9 cm³/mol. The normalized spacial score (nSPS) is 19.1. The van der Waals surface area contributed by atoms with Crippen molar-refractivity contribution in [3.63, 3.8) is 0 Å². The zero-order valence-corrected chi connectivity index (χ0v) is 13.9. The van der Waals surface area contributed by atoms with Crippen molar-refractivity contribution in [2.75, 3.05) is 18.4 Å². The molecule has 0 spiro atoms. The minimum Gasteiger partial charge on any atom is -0.370 e. The Morgan fingerprint density at radius 1 is 1.48 bits per heavy atom. The molecule has 0 aromatic carbocycles. The number of aromatic nitrogens is 3. The lowest BCUT2D eigenvalue weighted by Gasteiger charge is -2.26. The molecule has 6 heteroatoms. The molecule has 2 aromatic heterocycles. The van der Waals surface area contributed by atoms with Crippen molar-refractivity contribution in [1.82, 2.24) is 20.1 Å². The molecule has 0 radical (unpaired) electrons. The molecule has 21 heavy (non-hydrogen) atoms. The molecular weight excluding hydrogens is 282 g/mol. The number of nitrogens with zero attached hydrogens (tertiary/aromatic N) is 3. The van der Waals surface area contributed by atoms with Crippen molar-refractivity contribution in [1.29, 1.82) is 0 Å². The first kappa shape index (κ1) is 14.5. The summed E-state index contributed by atoms with van der Waals surface area (Å²) in [6, 6.07) is 2.47. The van der Waals surface area contributed by atoms with E-state index >= 15 is 0 Å². The number of fused-ring (bicyclic) bond motifs is 1. The van der Waals surface area contributed by atoms with Crippen molar-refractivity contribution in [2.45, 2.75) is 40.3 Å². The quantitative estimate of drug-likeness (QED) is 0.912. The predicted octanol–water partition coefficient (Wildman–Crippen LogP) is 2.66. The Kier molecular flexibility index (Phi) is 3.99. The van der Waals surface area contributed by atoms with Gasteiger partial charge < -0.3 is 10.6 Å². The third kappa shape index (κ3) is 3.11. The lowest BCUT2D eigenvalue weighted by Crippen LogP contribution is -2.36. The van der Waals surface area contributed by atoms with Crippen LogP contribution in [0.2, 0.25) is 0 Å². The Balaban J connectivity index is 1.57. The summed E-state index contributed by atoms with van der Waals surface area (Å²) in [6.45, 7) is 11.4. The maximum atomic E-state index is 4.52. The van der Waals surface area contributed by atoms with Crippen molar-refractivity contribution in [3.8, 4) is 0 Å². The van der Waals surface area contributed by atoms with Gasteiger partial charge in [-0.1, -0.05) is 0 Å². The molecule has 0 unspecified atom stereocenters. The first-order valence-electron chi connectivity index (χ1n) is 7.48. The van der Waals surface area contributed by atoms with Gasteiger partial charge in [0.1, 0.15) is 5.82 Å². The SMILES string of the molecule is Cc1cc2n(n1)C[C@H](CN[C@@H](C)c1sc(C)nc1C)CN2. The number of hydrogen-bond acceptors (Lipinski definition) is 5. The summed E-state index contributed by atoms with van der Waals surface area (Å²) < 4.78 is 2.08. The van der Waals surface area contributed by atoms with Gasteiger partial charge in [-0.2, -0.15) is 5.10 Å². The Morgan fingerprint density at radius 3 is 3.00 bits per heavy atom. The highest BCUT2D eigenvalue weighted by Gasteiger charge is 2.20. The Hall–Kier alpha value is -1.40. The fraction of sp³-hybridized carbons (Fsp3) is 0.600. The number of hydrogen-bond donors (Lipinski definition) is 2. The molecule has 1 aliphatic rings. The minimum atomic E-state index is 0.358. The molecular formula is C15H23N5S. The van der Waals surface area contributed by atoms with Crippen molar-refractivity contribution >= 4 is 17.2 Å². The highest BCUT2D eigenvalue weighted by molar-refractivity contribution is 7.11. The molecule has 0 aliphatic carbocycles. The molecule has 0 amide bonds. The largest absolute Gasteiger partial charge is 0.370 e. The van der Waals surface area contributed by atoms with Gasteiger partial charge in [-0.15, -0.1) is 11.3 Å². The van der Waals surface area contributed by atoms with Crippen LogP contribution in [0, 0.1) is 26.7 Å². The lowest BCUT2D eigenvalue weighted by molar-refractivity contribution is 0.376. The first-order valence-corrected chi connectivity index (χ1v) is 8.30. The summed E-state index contributed by atoms with van der Waals surface area (Å²) in [5.74, 6) is 1.71. The summed E-state index contributed by atoms with van der Waals surface area (Å²) in [5.41, 5.74) is 2.24. The van der Waals surface area contributed by atoms with E-state index in [4.69, 9.17) is 0 Å². The molecule has 2 atom stereocenters. The number of rotatable bonds is 4. The number of nitrogens with one attached hydrogen (secondary N) is 2. The van der Waals surface area contributed by atoms with E-state index in [1.807, 2.05) is 6.92 Å². The van der Waals surface area contributed by atoms with Crippen LogP contribution in [0.15, 0.2) is 6.07 Å². The zero-order valence-electron chi connectivity index (χ0n) is 13.1. The van der Waals surface area contributed by atoms with Crippen LogP contribution in [-0.2, 0) is 6.54 Å². The van der Waals surface area contributed by atoms with Gasteiger partial charge in [0, 0.05) is 42.5 Å². The molecule has 2 N–H and O–H groups in total. The van der Waals surface area contributed by atoms with Gasteiger partial charge in [-0.3, -0.25) is 0 Å². The van der Waals surface area contributed by atoms with Gasteiger partial charge in [0.15, 0.2) is 0 Å². The van der Waals surface area contributed by atoms with Gasteiger partial charge in [0.05, 0.1) is 16.4 Å². The van der Waals surface area contributed by atoms with E-state index in [1.165, 1.54) is 4.88 Å². The Morgan fingerprint density at radius 2 is 2.29 bits per heavy atom. The lowest BCUT2D eigenvalue weighted by atomic mass is 10.1. The van der Waals surface area contributed by atoms with Gasteiger partial charge in [0.25, 0.3) is 0 Å². The summed E-state index contributed by atoms with van der Waals surface area (Å²) in [6.07, 6.45) is 0. The second-order valence-electron chi connectivity index (χ2n) is 5.91. The smallest absolute Gasteiger partial charge is 0.124 e. The van der Waals surface area contributed by atoms with Gasteiger partial charge in [0.2, 0.25) is 0 Å². The van der Waals surface area contributed by atoms with Crippen LogP contribution in [0.5, 0.6) is 0 Å². The molecule has 5 nitrogen and oxygen atoms in total. The molecule has 0 bridgehead atoms. The fourth-order valence-corrected chi connectivity index (χ4v) is 3.86. The molecule has 114 valence electrons. The standard InChI is InChI=1S/C15H23N5S/c1-9-5-14-17-7-13(8-20(14)19-9)6-16-10(2)15-11(3)18-12(4)21-15/h5,10,13,16-17H,6-8H2,1-4H3/t10-,13+/m0/s1. The van der Waals surface area contributed by atoms with Crippen molar-refractivity contribution < 1.29 is 0 Å². The van der Waals surface area contributed by atoms with E-state index in [-0.39, 0.29) is 0 Å². The molecule has 0 saturated heterocycles. The first-order chi connectivity index (χ1) is 10.0. The third-order valence-corrected chi connectivity index (χ3v) is 5.21. The topological polar surface area (TPSA) is 54.8 Å². The maximum absolute atomic E-state index is 4.52. The van der Waals surface area contributed by atoms with E-state index in [1.54, 1.807) is 11.3 Å². The molecule has 0 fully saturated rings. The van der Waals surface area contributed by atoms with Crippen LogP contribution < -0.4 is 10.6 Å². The van der Waals surface area contributed by atoms with E-state index in [0.717, 1.165) is 41.8 Å². The Bertz CT molecular complexity index is 630. The van der Waals surface area contributed by atoms with Crippen molar-refractivity contribution in [2.24, 2.45) is 5.92 Å². The monoisotopic (exact) mass is 305 g/mol. The van der Waals surface area contributed by atoms with E-state index in [2.05, 4.69) is 52.2 Å². The van der Waals surface area contributed by atoms with Crippen LogP contribution in [0.4, 0.5) is 5.82 Å². The van der Waals surface area contributed by atoms with Crippen molar-refractivity contribution in [3.05, 3.63) is 27.3 Å². The van der Waals surface area contributed by atoms with E-state index in [0.29, 0.717) is 12.0 Å². The van der Waals surface area contributed by atoms with Crippen LogP contribution in [-0.4, -0.2) is 27.9 Å². The third-order valence-electron chi connectivity index (χ3n) is 3.95. The average molecular weight is 305 g/mol. The van der Waals surface area contributed by atoms with E-state index < -0.39 is 0 Å². The molecule has 2 aromatic rings. The summed E-state index contributed by atoms with van der Waals surface area (Å²) in [5, 5.41) is 12.8. The molecule has 3 rings (SSSR count). The second kappa shape index (κ2) is 5.77. The summed E-state index contributed by atoms with van der Waals surface area (Å²) >= 11 is 1.79. The Labute approximate surface area is 129 Å². The van der Waals surface area contributed by atoms with Gasteiger partial charge >= 0.3 is 0 Å². The zero-order chi connectivity index (χ0) is 15.0. The van der Waals surface area contributed by atoms with Gasteiger partial charge in [-0.25, -0.2) is 9.67 Å². The maximum Gasteiger partial charge on any atom is 0.124 e. The summed E-state index contributed by atoms with van der Waals surface area (Å²) in [7, 11) is 0. The fourth-order valence-electron chi connectivity index (χ4n) is 2.91. The second-order valence-corrected chi connectivity index (χ2v) is 7.15. The van der Waals surface area contributed by atoms with Gasteiger partial charge in [-0.05, 0) is 27.7 Å². The van der Waals surface area contributed by atoms with Crippen LogP contribution in [0.25, 0.3) is 0 Å².